The molecule has 0 unspecified atom stereocenters. The molecular weight excluding hydrogens is 415 g/mol. The van der Waals surface area contributed by atoms with Gasteiger partial charge in [0.25, 0.3) is 5.56 Å². The van der Waals surface area contributed by atoms with E-state index in [0.717, 1.165) is 32.0 Å². The summed E-state index contributed by atoms with van der Waals surface area (Å²) in [5.41, 5.74) is 3.52. The number of rotatable bonds is 4. The normalized spacial score (nSPS) is 11.3. The zero-order valence-corrected chi connectivity index (χ0v) is 17.8. The molecule has 0 aliphatic rings. The van der Waals surface area contributed by atoms with Crippen molar-refractivity contribution in [2.24, 2.45) is 0 Å². The summed E-state index contributed by atoms with van der Waals surface area (Å²) in [6.07, 6.45) is 0. The summed E-state index contributed by atoms with van der Waals surface area (Å²) >= 11 is 3.08. The van der Waals surface area contributed by atoms with Crippen molar-refractivity contribution in [1.29, 1.82) is 0 Å². The Morgan fingerprint density at radius 1 is 1.03 bits per heavy atom. The number of thiophene rings is 2. The lowest BCUT2D eigenvalue weighted by Gasteiger charge is -2.13. The minimum Gasteiger partial charge on any atom is -0.288 e. The minimum atomic E-state index is -0.318. The van der Waals surface area contributed by atoms with E-state index in [1.165, 1.54) is 23.5 Å². The Bertz CT molecular complexity index is 1400. The summed E-state index contributed by atoms with van der Waals surface area (Å²) in [4.78, 5) is 20.3. The molecule has 0 aliphatic carbocycles. The Balaban J connectivity index is 1.77. The third kappa shape index (κ3) is 3.38. The Morgan fingerprint density at radius 3 is 2.60 bits per heavy atom. The molecule has 0 radical (unpaired) electrons. The lowest BCUT2D eigenvalue weighted by Crippen LogP contribution is -2.24. The van der Waals surface area contributed by atoms with Crippen molar-refractivity contribution in [3.05, 3.63) is 98.7 Å². The van der Waals surface area contributed by atoms with Crippen LogP contribution in [0.3, 0.4) is 0 Å². The van der Waals surface area contributed by atoms with Gasteiger partial charge in [-0.3, -0.25) is 9.36 Å². The first-order valence-electron chi connectivity index (χ1n) is 9.47. The van der Waals surface area contributed by atoms with E-state index in [-0.39, 0.29) is 17.9 Å². The summed E-state index contributed by atoms with van der Waals surface area (Å²) in [7, 11) is 0. The van der Waals surface area contributed by atoms with Crippen LogP contribution in [-0.4, -0.2) is 9.55 Å². The van der Waals surface area contributed by atoms with Crippen molar-refractivity contribution in [2.75, 3.05) is 0 Å². The van der Waals surface area contributed by atoms with Crippen molar-refractivity contribution in [3.63, 3.8) is 0 Å². The van der Waals surface area contributed by atoms with Crippen LogP contribution in [0.5, 0.6) is 0 Å². The molecule has 3 aromatic heterocycles. The molecule has 0 saturated heterocycles. The Kier molecular flexibility index (Phi) is 4.81. The lowest BCUT2D eigenvalue weighted by atomic mass is 10.1. The highest BCUT2D eigenvalue weighted by Gasteiger charge is 2.19. The molecule has 3 heterocycles. The van der Waals surface area contributed by atoms with Gasteiger partial charge in [0.1, 0.15) is 16.5 Å². The first kappa shape index (κ1) is 18.9. The van der Waals surface area contributed by atoms with Crippen LogP contribution in [0.25, 0.3) is 32.0 Å². The van der Waals surface area contributed by atoms with E-state index < -0.39 is 0 Å². The van der Waals surface area contributed by atoms with Crippen molar-refractivity contribution < 1.29 is 4.39 Å². The molecule has 0 spiro atoms. The Hall–Kier alpha value is -3.09. The number of hydrogen-bond donors (Lipinski definition) is 0. The number of aryl methyl sites for hydroxylation is 1. The number of benzene rings is 2. The van der Waals surface area contributed by atoms with Gasteiger partial charge in [0, 0.05) is 21.4 Å². The fourth-order valence-electron chi connectivity index (χ4n) is 3.53. The molecule has 6 heteroatoms. The molecule has 30 heavy (non-hydrogen) atoms. The maximum Gasteiger partial charge on any atom is 0.263 e. The zero-order chi connectivity index (χ0) is 20.7. The number of aromatic nitrogens is 2. The van der Waals surface area contributed by atoms with Gasteiger partial charge in [0.2, 0.25) is 0 Å². The molecule has 2 aromatic carbocycles. The number of fused-ring (bicyclic) bond motifs is 1. The molecule has 0 fully saturated rings. The molecular formula is C24H17FN2OS2. The van der Waals surface area contributed by atoms with Crippen LogP contribution in [0.15, 0.2) is 76.2 Å². The molecule has 0 N–H and O–H groups in total. The summed E-state index contributed by atoms with van der Waals surface area (Å²) in [5, 5.41) is 4.61. The average molecular weight is 433 g/mol. The van der Waals surface area contributed by atoms with Gasteiger partial charge >= 0.3 is 0 Å². The molecule has 0 bridgehead atoms. The summed E-state index contributed by atoms with van der Waals surface area (Å²) in [6.45, 7) is 2.27. The molecule has 5 aromatic rings. The monoisotopic (exact) mass is 432 g/mol. The Morgan fingerprint density at radius 2 is 1.87 bits per heavy atom. The van der Waals surface area contributed by atoms with Gasteiger partial charge in [-0.1, -0.05) is 48.0 Å². The van der Waals surface area contributed by atoms with E-state index in [9.17, 15) is 9.18 Å². The van der Waals surface area contributed by atoms with E-state index in [1.807, 2.05) is 60.1 Å². The van der Waals surface area contributed by atoms with Crippen molar-refractivity contribution in [3.8, 4) is 21.8 Å². The maximum absolute atomic E-state index is 13.8. The van der Waals surface area contributed by atoms with E-state index in [1.54, 1.807) is 22.0 Å². The fraction of sp³-hybridized carbons (Fsp3) is 0.0833. The standard InChI is InChI=1S/C24H17FN2OS2/c1-15-7-9-17(10-8-15)22-26-23-21(19(14-30-23)20-6-3-11-29-20)24(28)27(22)13-16-4-2-5-18(25)12-16/h2-12,14H,13H2,1H3. The van der Waals surface area contributed by atoms with Crippen molar-refractivity contribution in [1.82, 2.24) is 9.55 Å². The summed E-state index contributed by atoms with van der Waals surface area (Å²) in [5.74, 6) is 0.276. The van der Waals surface area contributed by atoms with Gasteiger partial charge in [-0.05, 0) is 36.1 Å². The van der Waals surface area contributed by atoms with E-state index in [2.05, 4.69) is 0 Å². The topological polar surface area (TPSA) is 34.9 Å². The van der Waals surface area contributed by atoms with Crippen LogP contribution in [0, 0.1) is 12.7 Å². The van der Waals surface area contributed by atoms with Gasteiger partial charge in [-0.25, -0.2) is 9.37 Å². The molecule has 0 saturated carbocycles. The molecule has 5 rings (SSSR count). The van der Waals surface area contributed by atoms with Crippen LogP contribution in [-0.2, 0) is 6.54 Å². The van der Waals surface area contributed by atoms with Gasteiger partial charge in [-0.15, -0.1) is 22.7 Å². The summed E-state index contributed by atoms with van der Waals surface area (Å²) < 4.78 is 15.5. The second-order valence-corrected chi connectivity index (χ2v) is 8.94. The van der Waals surface area contributed by atoms with E-state index in [4.69, 9.17) is 4.98 Å². The third-order valence-corrected chi connectivity index (χ3v) is 6.80. The first-order valence-corrected chi connectivity index (χ1v) is 11.2. The quantitative estimate of drug-likeness (QED) is 0.332. The van der Waals surface area contributed by atoms with Gasteiger partial charge in [0.05, 0.1) is 11.9 Å². The molecule has 0 amide bonds. The Labute approximate surface area is 180 Å². The largest absolute Gasteiger partial charge is 0.288 e. The predicted octanol–water partition coefficient (Wildman–Crippen LogP) is 6.35. The number of hydrogen-bond acceptors (Lipinski definition) is 4. The lowest BCUT2D eigenvalue weighted by molar-refractivity contribution is 0.623. The second kappa shape index (κ2) is 7.63. The van der Waals surface area contributed by atoms with Crippen LogP contribution in [0.4, 0.5) is 4.39 Å². The average Bonchev–Trinajstić information content (AvgIpc) is 3.40. The van der Waals surface area contributed by atoms with Crippen LogP contribution in [0.2, 0.25) is 0 Å². The van der Waals surface area contributed by atoms with Crippen LogP contribution in [0.1, 0.15) is 11.1 Å². The SMILES string of the molecule is Cc1ccc(-c2nc3scc(-c4cccs4)c3c(=O)n2Cc2cccc(F)c2)cc1. The summed E-state index contributed by atoms with van der Waals surface area (Å²) in [6, 6.07) is 18.3. The third-order valence-electron chi connectivity index (χ3n) is 5.02. The fourth-order valence-corrected chi connectivity index (χ4v) is 5.28. The maximum atomic E-state index is 13.8. The number of halogens is 1. The van der Waals surface area contributed by atoms with Gasteiger partial charge < -0.3 is 0 Å². The molecule has 3 nitrogen and oxygen atoms in total. The molecule has 0 aliphatic heterocycles. The second-order valence-electron chi connectivity index (χ2n) is 7.13. The van der Waals surface area contributed by atoms with Crippen molar-refractivity contribution in [2.45, 2.75) is 13.5 Å². The van der Waals surface area contributed by atoms with Crippen molar-refractivity contribution >= 4 is 32.9 Å². The van der Waals surface area contributed by atoms with Gasteiger partial charge in [0.15, 0.2) is 0 Å². The van der Waals surface area contributed by atoms with Crippen LogP contribution >= 0.6 is 22.7 Å². The van der Waals surface area contributed by atoms with E-state index >= 15 is 0 Å². The van der Waals surface area contributed by atoms with Crippen LogP contribution < -0.4 is 5.56 Å². The van der Waals surface area contributed by atoms with E-state index in [0.29, 0.717) is 11.2 Å². The zero-order valence-electron chi connectivity index (χ0n) is 16.1. The molecule has 0 atom stereocenters. The highest BCUT2D eigenvalue weighted by molar-refractivity contribution is 7.18. The highest BCUT2D eigenvalue weighted by Crippen LogP contribution is 2.34. The highest BCUT2D eigenvalue weighted by atomic mass is 32.1. The minimum absolute atomic E-state index is 0.107. The van der Waals surface area contributed by atoms with Gasteiger partial charge in [-0.2, -0.15) is 0 Å². The smallest absolute Gasteiger partial charge is 0.263 e. The first-order chi connectivity index (χ1) is 14.6. The number of nitrogens with zero attached hydrogens (tertiary/aromatic N) is 2. The predicted molar refractivity (Wildman–Crippen MR) is 123 cm³/mol. The molecule has 148 valence electrons.